The third-order valence-corrected chi connectivity index (χ3v) is 6.16. The average Bonchev–Trinajstić information content (AvgIpc) is 2.78. The van der Waals surface area contributed by atoms with Crippen LogP contribution >= 0.6 is 0 Å². The first-order valence-corrected chi connectivity index (χ1v) is 11.1. The molecule has 1 aliphatic rings. The van der Waals surface area contributed by atoms with Crippen LogP contribution in [0.15, 0.2) is 42.5 Å². The summed E-state index contributed by atoms with van der Waals surface area (Å²) in [4.78, 5) is 26.6. The molecule has 3 aromatic rings. The van der Waals surface area contributed by atoms with Crippen LogP contribution in [0.1, 0.15) is 27.9 Å². The van der Waals surface area contributed by atoms with Gasteiger partial charge in [-0.3, -0.25) is 0 Å². The summed E-state index contributed by atoms with van der Waals surface area (Å²) >= 11 is 0. The zero-order valence-corrected chi connectivity index (χ0v) is 19.6. The zero-order valence-electron chi connectivity index (χ0n) is 19.6. The Morgan fingerprint density at radius 2 is 1.50 bits per heavy atom. The molecule has 4 rings (SSSR count). The number of hydrogen-bond acceptors (Lipinski definition) is 4. The largest absolute Gasteiger partial charge is 0.353 e. The van der Waals surface area contributed by atoms with E-state index in [1.807, 2.05) is 30.9 Å². The maximum absolute atomic E-state index is 12.8. The number of hydrogen-bond donors (Lipinski definition) is 1. The summed E-state index contributed by atoms with van der Waals surface area (Å²) in [7, 11) is 0. The van der Waals surface area contributed by atoms with Gasteiger partial charge in [-0.15, -0.1) is 0 Å². The lowest BCUT2D eigenvalue weighted by molar-refractivity contribution is 0.208. The predicted octanol–water partition coefficient (Wildman–Crippen LogP) is 5.04. The van der Waals surface area contributed by atoms with Gasteiger partial charge in [-0.1, -0.05) is 47.5 Å². The maximum atomic E-state index is 12.8. The third-order valence-electron chi connectivity index (χ3n) is 6.16. The first kappa shape index (κ1) is 21.8. The summed E-state index contributed by atoms with van der Waals surface area (Å²) in [5.74, 6) is 1.71. The van der Waals surface area contributed by atoms with Gasteiger partial charge in [-0.05, 0) is 46.2 Å². The second kappa shape index (κ2) is 8.99. The van der Waals surface area contributed by atoms with E-state index in [2.05, 4.69) is 61.3 Å². The van der Waals surface area contributed by atoms with E-state index in [1.54, 1.807) is 0 Å². The lowest BCUT2D eigenvalue weighted by atomic mass is 10.1. The van der Waals surface area contributed by atoms with Crippen LogP contribution in [-0.4, -0.2) is 47.1 Å². The van der Waals surface area contributed by atoms with Crippen molar-refractivity contribution in [1.29, 1.82) is 0 Å². The Balaban J connectivity index is 1.46. The van der Waals surface area contributed by atoms with Gasteiger partial charge in [0, 0.05) is 48.7 Å². The van der Waals surface area contributed by atoms with Crippen molar-refractivity contribution >= 4 is 17.5 Å². The third kappa shape index (κ3) is 4.59. The van der Waals surface area contributed by atoms with Crippen LogP contribution in [-0.2, 0) is 0 Å². The van der Waals surface area contributed by atoms with E-state index in [0.29, 0.717) is 13.1 Å². The number of benzene rings is 2. The second-order valence-electron chi connectivity index (χ2n) is 8.67. The number of aromatic nitrogens is 2. The first-order valence-electron chi connectivity index (χ1n) is 11.1. The minimum Gasteiger partial charge on any atom is -0.353 e. The van der Waals surface area contributed by atoms with Gasteiger partial charge in [-0.2, -0.15) is 0 Å². The van der Waals surface area contributed by atoms with Crippen molar-refractivity contribution in [3.05, 3.63) is 70.4 Å². The molecule has 1 saturated heterocycles. The highest BCUT2D eigenvalue weighted by molar-refractivity contribution is 5.90. The Labute approximate surface area is 190 Å². The molecule has 6 nitrogen and oxygen atoms in total. The summed E-state index contributed by atoms with van der Waals surface area (Å²) in [6.45, 7) is 13.0. The topological polar surface area (TPSA) is 61.4 Å². The Morgan fingerprint density at radius 1 is 0.844 bits per heavy atom. The summed E-state index contributed by atoms with van der Waals surface area (Å²) in [5, 5.41) is 3.06. The van der Waals surface area contributed by atoms with Crippen LogP contribution in [0.2, 0.25) is 0 Å². The molecule has 1 N–H and O–H groups in total. The van der Waals surface area contributed by atoms with Crippen LogP contribution in [0.3, 0.4) is 0 Å². The molecule has 0 spiro atoms. The van der Waals surface area contributed by atoms with Gasteiger partial charge in [0.15, 0.2) is 5.82 Å². The molecule has 32 heavy (non-hydrogen) atoms. The molecule has 2 heterocycles. The fraction of sp³-hybridized carbons (Fsp3) is 0.346. The summed E-state index contributed by atoms with van der Waals surface area (Å²) in [5.41, 5.74) is 7.45. The van der Waals surface area contributed by atoms with E-state index in [1.165, 1.54) is 11.1 Å². The van der Waals surface area contributed by atoms with Crippen LogP contribution in [0.5, 0.6) is 0 Å². The quantitative estimate of drug-likeness (QED) is 0.634. The Hall–Kier alpha value is -3.41. The summed E-state index contributed by atoms with van der Waals surface area (Å²) < 4.78 is 0. The minimum absolute atomic E-state index is 0.0486. The zero-order chi connectivity index (χ0) is 22.8. The Bertz CT molecular complexity index is 1130. The fourth-order valence-electron chi connectivity index (χ4n) is 4.02. The highest BCUT2D eigenvalue weighted by atomic mass is 16.2. The molecule has 6 heteroatoms. The molecular formula is C26H31N5O. The minimum atomic E-state index is -0.0486. The summed E-state index contributed by atoms with van der Waals surface area (Å²) in [6.07, 6.45) is 0. The normalized spacial score (nSPS) is 13.9. The van der Waals surface area contributed by atoms with Gasteiger partial charge in [0.2, 0.25) is 0 Å². The number of amides is 2. The number of piperazine rings is 1. The Kier molecular flexibility index (Phi) is 6.12. The molecule has 1 aliphatic heterocycles. The molecule has 0 aliphatic carbocycles. The highest BCUT2D eigenvalue weighted by Gasteiger charge is 2.24. The van der Waals surface area contributed by atoms with Crippen LogP contribution in [0.4, 0.5) is 16.3 Å². The maximum Gasteiger partial charge on any atom is 0.321 e. The predicted molar refractivity (Wildman–Crippen MR) is 130 cm³/mol. The molecular weight excluding hydrogens is 398 g/mol. The van der Waals surface area contributed by atoms with E-state index in [0.717, 1.165) is 52.8 Å². The molecule has 0 saturated carbocycles. The van der Waals surface area contributed by atoms with Crippen molar-refractivity contribution in [2.75, 3.05) is 36.4 Å². The number of carbonyl (C=O) groups is 1. The lowest BCUT2D eigenvalue weighted by Gasteiger charge is -2.36. The Morgan fingerprint density at radius 3 is 2.16 bits per heavy atom. The highest BCUT2D eigenvalue weighted by Crippen LogP contribution is 2.26. The number of rotatable bonds is 3. The van der Waals surface area contributed by atoms with Gasteiger partial charge in [0.05, 0.1) is 0 Å². The molecule has 1 fully saturated rings. The fourth-order valence-corrected chi connectivity index (χ4v) is 4.02. The lowest BCUT2D eigenvalue weighted by Crippen LogP contribution is -2.50. The van der Waals surface area contributed by atoms with Crippen LogP contribution in [0.25, 0.3) is 11.4 Å². The number of anilines is 2. The van der Waals surface area contributed by atoms with E-state index in [-0.39, 0.29) is 6.03 Å². The monoisotopic (exact) mass is 429 g/mol. The standard InChI is InChI=1S/C26H31N5O/c1-17-6-9-22(10-7-17)24-27-21(5)20(4)25(29-24)30-12-14-31(15-13-30)26(32)28-23-11-8-18(2)16-19(23)3/h6-11,16H,12-15H2,1-5H3,(H,28,32). The first-order chi connectivity index (χ1) is 15.3. The number of carbonyl (C=O) groups excluding carboxylic acids is 1. The van der Waals surface area contributed by atoms with Gasteiger partial charge < -0.3 is 15.1 Å². The van der Waals surface area contributed by atoms with Crippen LogP contribution < -0.4 is 10.2 Å². The second-order valence-corrected chi connectivity index (χ2v) is 8.67. The molecule has 2 aromatic carbocycles. The molecule has 0 radical (unpaired) electrons. The van der Waals surface area contributed by atoms with E-state index in [4.69, 9.17) is 9.97 Å². The number of urea groups is 1. The number of nitrogens with one attached hydrogen (secondary N) is 1. The van der Waals surface area contributed by atoms with Gasteiger partial charge >= 0.3 is 6.03 Å². The van der Waals surface area contributed by atoms with Crippen LogP contribution in [0, 0.1) is 34.6 Å². The number of aryl methyl sites for hydroxylation is 4. The van der Waals surface area contributed by atoms with E-state index < -0.39 is 0 Å². The number of nitrogens with zero attached hydrogens (tertiary/aromatic N) is 4. The van der Waals surface area contributed by atoms with E-state index in [9.17, 15) is 4.79 Å². The SMILES string of the molecule is Cc1ccc(-c2nc(C)c(C)c(N3CCN(C(=O)Nc4ccc(C)cc4C)CC3)n2)cc1. The van der Waals surface area contributed by atoms with Crippen molar-refractivity contribution in [3.63, 3.8) is 0 Å². The summed E-state index contributed by atoms with van der Waals surface area (Å²) in [6, 6.07) is 14.3. The van der Waals surface area contributed by atoms with Gasteiger partial charge in [0.1, 0.15) is 5.82 Å². The van der Waals surface area contributed by atoms with Crippen molar-refractivity contribution in [2.45, 2.75) is 34.6 Å². The van der Waals surface area contributed by atoms with Crippen molar-refractivity contribution in [1.82, 2.24) is 14.9 Å². The smallest absolute Gasteiger partial charge is 0.321 e. The van der Waals surface area contributed by atoms with Crippen molar-refractivity contribution in [3.8, 4) is 11.4 Å². The molecule has 0 atom stereocenters. The molecule has 0 unspecified atom stereocenters. The molecule has 2 amide bonds. The molecule has 166 valence electrons. The van der Waals surface area contributed by atoms with Gasteiger partial charge in [-0.25, -0.2) is 14.8 Å². The van der Waals surface area contributed by atoms with E-state index >= 15 is 0 Å². The van der Waals surface area contributed by atoms with Gasteiger partial charge in [0.25, 0.3) is 0 Å². The average molecular weight is 430 g/mol. The molecule has 0 bridgehead atoms. The van der Waals surface area contributed by atoms with Crippen molar-refractivity contribution < 1.29 is 4.79 Å². The van der Waals surface area contributed by atoms with Crippen molar-refractivity contribution in [2.24, 2.45) is 0 Å². The molecule has 1 aromatic heterocycles.